The SMILES string of the molecule is CC(C)(C)/C(=C\C(=O)O)c1ccc(C(=C2CCCCCC2)c2ccc(O)cc2)cc1F. The van der Waals surface area contributed by atoms with E-state index in [9.17, 15) is 15.0 Å². The van der Waals surface area contributed by atoms with Crippen molar-refractivity contribution in [2.45, 2.75) is 59.3 Å². The van der Waals surface area contributed by atoms with Gasteiger partial charge in [-0.3, -0.25) is 0 Å². The molecule has 0 unspecified atom stereocenters. The Bertz CT molecular complexity index is 998. The first-order chi connectivity index (χ1) is 14.7. The van der Waals surface area contributed by atoms with Crippen LogP contribution < -0.4 is 0 Å². The van der Waals surface area contributed by atoms with Crippen molar-refractivity contribution in [3.05, 3.63) is 76.6 Å². The van der Waals surface area contributed by atoms with Gasteiger partial charge >= 0.3 is 5.97 Å². The van der Waals surface area contributed by atoms with Crippen LogP contribution in [-0.4, -0.2) is 16.2 Å². The van der Waals surface area contributed by atoms with Crippen molar-refractivity contribution in [3.63, 3.8) is 0 Å². The van der Waals surface area contributed by atoms with Gasteiger partial charge in [0.2, 0.25) is 0 Å². The molecule has 0 aromatic heterocycles. The first kappa shape index (κ1) is 22.8. The number of allylic oxidation sites excluding steroid dienone is 2. The van der Waals surface area contributed by atoms with E-state index >= 15 is 4.39 Å². The van der Waals surface area contributed by atoms with Gasteiger partial charge in [0.05, 0.1) is 0 Å². The van der Waals surface area contributed by atoms with Crippen LogP contribution in [0.2, 0.25) is 0 Å². The van der Waals surface area contributed by atoms with Crippen LogP contribution in [0.5, 0.6) is 5.75 Å². The van der Waals surface area contributed by atoms with Gasteiger partial charge in [0.25, 0.3) is 0 Å². The fraction of sp³-hybridized carbons (Fsp3) is 0.370. The van der Waals surface area contributed by atoms with Crippen molar-refractivity contribution in [1.29, 1.82) is 0 Å². The van der Waals surface area contributed by atoms with Crippen LogP contribution in [0, 0.1) is 11.2 Å². The number of aliphatic carboxylic acids is 1. The number of hydrogen-bond acceptors (Lipinski definition) is 2. The van der Waals surface area contributed by atoms with Gasteiger partial charge in [0, 0.05) is 11.6 Å². The minimum atomic E-state index is -1.08. The van der Waals surface area contributed by atoms with E-state index in [0.29, 0.717) is 11.1 Å². The summed E-state index contributed by atoms with van der Waals surface area (Å²) < 4.78 is 15.4. The number of rotatable bonds is 4. The van der Waals surface area contributed by atoms with Crippen LogP contribution in [0.3, 0.4) is 0 Å². The molecule has 2 aromatic carbocycles. The molecule has 164 valence electrons. The number of carboxylic acids is 1. The topological polar surface area (TPSA) is 57.5 Å². The van der Waals surface area contributed by atoms with Gasteiger partial charge in [0.1, 0.15) is 11.6 Å². The molecule has 2 aromatic rings. The van der Waals surface area contributed by atoms with E-state index in [4.69, 9.17) is 0 Å². The lowest BCUT2D eigenvalue weighted by molar-refractivity contribution is -0.131. The lowest BCUT2D eigenvalue weighted by atomic mass is 9.80. The number of aromatic hydroxyl groups is 1. The zero-order valence-electron chi connectivity index (χ0n) is 18.5. The van der Waals surface area contributed by atoms with E-state index in [1.165, 1.54) is 24.5 Å². The van der Waals surface area contributed by atoms with Crippen LogP contribution >= 0.6 is 0 Å². The van der Waals surface area contributed by atoms with Crippen molar-refractivity contribution >= 4 is 17.1 Å². The summed E-state index contributed by atoms with van der Waals surface area (Å²) in [7, 11) is 0. The average molecular weight is 423 g/mol. The molecule has 1 saturated carbocycles. The summed E-state index contributed by atoms with van der Waals surface area (Å²) in [6.07, 6.45) is 7.70. The lowest BCUT2D eigenvalue weighted by Gasteiger charge is -2.24. The zero-order chi connectivity index (χ0) is 22.6. The molecule has 3 nitrogen and oxygen atoms in total. The first-order valence-electron chi connectivity index (χ1n) is 10.9. The molecule has 2 N–H and O–H groups in total. The Balaban J connectivity index is 2.15. The van der Waals surface area contributed by atoms with Gasteiger partial charge in [-0.05, 0) is 71.6 Å². The Morgan fingerprint density at radius 2 is 1.52 bits per heavy atom. The van der Waals surface area contributed by atoms with Gasteiger partial charge in [-0.25, -0.2) is 9.18 Å². The molecule has 0 saturated heterocycles. The minimum absolute atomic E-state index is 0.198. The predicted molar refractivity (Wildman–Crippen MR) is 123 cm³/mol. The maximum Gasteiger partial charge on any atom is 0.328 e. The number of carbonyl (C=O) groups is 1. The molecule has 1 aliphatic rings. The highest BCUT2D eigenvalue weighted by Crippen LogP contribution is 2.39. The maximum absolute atomic E-state index is 15.4. The van der Waals surface area contributed by atoms with Crippen LogP contribution in [0.4, 0.5) is 4.39 Å². The van der Waals surface area contributed by atoms with Gasteiger partial charge < -0.3 is 10.2 Å². The number of carboxylic acid groups (broad SMARTS) is 1. The minimum Gasteiger partial charge on any atom is -0.508 e. The largest absolute Gasteiger partial charge is 0.508 e. The van der Waals surface area contributed by atoms with Crippen LogP contribution in [0.15, 0.2) is 54.1 Å². The summed E-state index contributed by atoms with van der Waals surface area (Å²) in [5.41, 5.74) is 4.33. The molecule has 0 aliphatic heterocycles. The van der Waals surface area contributed by atoms with Crippen molar-refractivity contribution in [1.82, 2.24) is 0 Å². The predicted octanol–water partition coefficient (Wildman–Crippen LogP) is 7.20. The highest BCUT2D eigenvalue weighted by Gasteiger charge is 2.24. The molecule has 1 fully saturated rings. The third-order valence-electron chi connectivity index (χ3n) is 5.84. The third-order valence-corrected chi connectivity index (χ3v) is 5.84. The van der Waals surface area contributed by atoms with E-state index in [0.717, 1.165) is 48.5 Å². The van der Waals surface area contributed by atoms with Crippen molar-refractivity contribution in [3.8, 4) is 5.75 Å². The fourth-order valence-corrected chi connectivity index (χ4v) is 4.32. The summed E-state index contributed by atoms with van der Waals surface area (Å²) in [6, 6.07) is 12.2. The Labute approximate surface area is 183 Å². The van der Waals surface area contributed by atoms with E-state index in [1.807, 2.05) is 39.0 Å². The zero-order valence-corrected chi connectivity index (χ0v) is 18.5. The average Bonchev–Trinajstić information content (AvgIpc) is 2.97. The van der Waals surface area contributed by atoms with Crippen molar-refractivity contribution in [2.75, 3.05) is 0 Å². The molecule has 1 aliphatic carbocycles. The van der Waals surface area contributed by atoms with Crippen molar-refractivity contribution in [2.24, 2.45) is 5.41 Å². The van der Waals surface area contributed by atoms with Crippen LogP contribution in [0.1, 0.15) is 76.0 Å². The first-order valence-corrected chi connectivity index (χ1v) is 10.9. The monoisotopic (exact) mass is 422 g/mol. The number of halogens is 1. The van der Waals surface area contributed by atoms with Gasteiger partial charge in [0.15, 0.2) is 0 Å². The fourth-order valence-electron chi connectivity index (χ4n) is 4.32. The molecule has 0 radical (unpaired) electrons. The molecule has 0 amide bonds. The molecule has 31 heavy (non-hydrogen) atoms. The molecule has 0 atom stereocenters. The van der Waals surface area contributed by atoms with E-state index < -0.39 is 17.2 Å². The second-order valence-corrected chi connectivity index (χ2v) is 9.28. The molecule has 0 heterocycles. The standard InChI is InChI=1S/C27H31FO3/c1-27(2,3)23(17-25(30)31)22-15-12-20(16-24(22)28)26(18-8-6-4-5-7-9-18)19-10-13-21(29)14-11-19/h10-17,29H,4-9H2,1-3H3,(H,30,31)/b23-17-. The number of phenolic OH excluding ortho intramolecular Hbond substituents is 1. The second kappa shape index (κ2) is 9.51. The Hall–Kier alpha value is -2.88. The smallest absolute Gasteiger partial charge is 0.328 e. The van der Waals surface area contributed by atoms with Gasteiger partial charge in [-0.1, -0.05) is 63.5 Å². The summed E-state index contributed by atoms with van der Waals surface area (Å²) in [4.78, 5) is 11.3. The van der Waals surface area contributed by atoms with E-state index in [2.05, 4.69) is 0 Å². The number of phenols is 1. The summed E-state index contributed by atoms with van der Waals surface area (Å²) >= 11 is 0. The summed E-state index contributed by atoms with van der Waals surface area (Å²) in [6.45, 7) is 5.64. The normalized spacial score (nSPS) is 15.5. The quantitative estimate of drug-likeness (QED) is 0.404. The molecular formula is C27H31FO3. The molecule has 4 heteroatoms. The number of hydrogen-bond donors (Lipinski definition) is 2. The Morgan fingerprint density at radius 1 is 0.935 bits per heavy atom. The molecule has 3 rings (SSSR count). The highest BCUT2D eigenvalue weighted by atomic mass is 19.1. The van der Waals surface area contributed by atoms with E-state index in [-0.39, 0.29) is 5.75 Å². The summed E-state index contributed by atoms with van der Waals surface area (Å²) in [5, 5.41) is 19.0. The Morgan fingerprint density at radius 3 is 2.03 bits per heavy atom. The third kappa shape index (κ3) is 5.63. The van der Waals surface area contributed by atoms with Gasteiger partial charge in [-0.2, -0.15) is 0 Å². The number of benzene rings is 2. The molecule has 0 spiro atoms. The van der Waals surface area contributed by atoms with Crippen molar-refractivity contribution < 1.29 is 19.4 Å². The van der Waals surface area contributed by atoms with E-state index in [1.54, 1.807) is 18.2 Å². The Kier molecular flexibility index (Phi) is 6.99. The molecule has 0 bridgehead atoms. The van der Waals surface area contributed by atoms with Gasteiger partial charge in [-0.15, -0.1) is 0 Å². The molecular weight excluding hydrogens is 391 g/mol. The maximum atomic E-state index is 15.4. The van der Waals surface area contributed by atoms with Crippen LogP contribution in [0.25, 0.3) is 11.1 Å². The van der Waals surface area contributed by atoms with Crippen LogP contribution in [-0.2, 0) is 4.79 Å². The lowest BCUT2D eigenvalue weighted by Crippen LogP contribution is -2.12. The highest BCUT2D eigenvalue weighted by molar-refractivity contribution is 5.92. The summed E-state index contributed by atoms with van der Waals surface area (Å²) in [5.74, 6) is -1.31. The second-order valence-electron chi connectivity index (χ2n) is 9.28.